The van der Waals surface area contributed by atoms with Crippen molar-refractivity contribution in [2.24, 2.45) is 0 Å². The third-order valence-corrected chi connectivity index (χ3v) is 17.3. The number of anilines is 3. The maximum atomic E-state index is 2.55. The van der Waals surface area contributed by atoms with Crippen LogP contribution in [0, 0.1) is 0 Å². The van der Waals surface area contributed by atoms with E-state index < -0.39 is 5.41 Å². The van der Waals surface area contributed by atoms with Gasteiger partial charge >= 0.3 is 0 Å². The van der Waals surface area contributed by atoms with Crippen molar-refractivity contribution in [1.82, 2.24) is 0 Å². The van der Waals surface area contributed by atoms with Crippen molar-refractivity contribution in [2.45, 2.75) is 82.0 Å². The van der Waals surface area contributed by atoms with Crippen molar-refractivity contribution in [3.05, 3.63) is 244 Å². The van der Waals surface area contributed by atoms with Crippen LogP contribution in [-0.4, -0.2) is 0 Å². The molecule has 1 fully saturated rings. The summed E-state index contributed by atoms with van der Waals surface area (Å²) in [4.78, 5) is 2.55. The SMILES string of the molecule is CC1(C)c2ccc(-c3cccc4c3-c3ccccc3C4(C)C)cc2-c2ccc(N(c3ccc(C4CCCCC4)cc3)c3ccc4c(c3)C3(c5ccccc5-c5ccccc53)c3ccccc3-4)cc21. The Morgan fingerprint density at radius 2 is 0.809 bits per heavy atom. The third kappa shape index (κ3) is 5.34. The highest BCUT2D eigenvalue weighted by molar-refractivity contribution is 5.98. The molecule has 9 aromatic carbocycles. The van der Waals surface area contributed by atoms with Crippen molar-refractivity contribution < 1.29 is 0 Å². The lowest BCUT2D eigenvalue weighted by atomic mass is 9.70. The number of benzene rings is 9. The van der Waals surface area contributed by atoms with Gasteiger partial charge in [0.25, 0.3) is 0 Å². The van der Waals surface area contributed by atoms with E-state index in [1.54, 1.807) is 0 Å². The van der Waals surface area contributed by atoms with Gasteiger partial charge in [0.2, 0.25) is 0 Å². The molecule has 1 nitrogen and oxygen atoms in total. The first-order chi connectivity index (χ1) is 33.2. The summed E-state index contributed by atoms with van der Waals surface area (Å²) < 4.78 is 0. The van der Waals surface area contributed by atoms with Gasteiger partial charge in [0.05, 0.1) is 5.41 Å². The second kappa shape index (κ2) is 14.4. The van der Waals surface area contributed by atoms with E-state index in [9.17, 15) is 0 Å². The minimum atomic E-state index is -0.415. The lowest BCUT2D eigenvalue weighted by molar-refractivity contribution is 0.443. The molecule has 0 heterocycles. The fraction of sp³-hybridized carbons (Fsp3) is 0.194. The van der Waals surface area contributed by atoms with Crippen LogP contribution in [0.25, 0.3) is 55.6 Å². The molecule has 1 saturated carbocycles. The minimum absolute atomic E-state index is 0.0405. The van der Waals surface area contributed by atoms with Gasteiger partial charge in [-0.05, 0) is 167 Å². The van der Waals surface area contributed by atoms with Crippen LogP contribution in [0.1, 0.15) is 116 Å². The fourth-order valence-corrected chi connectivity index (χ4v) is 14.0. The number of hydrogen-bond donors (Lipinski definition) is 0. The quantitative estimate of drug-likeness (QED) is 0.167. The average Bonchev–Trinajstić information content (AvgIpc) is 4.02. The topological polar surface area (TPSA) is 3.24 Å². The first-order valence-electron chi connectivity index (χ1n) is 25.1. The molecule has 0 atom stereocenters. The molecular formula is C67H55N. The summed E-state index contributed by atoms with van der Waals surface area (Å²) in [5, 5.41) is 0. The molecule has 0 unspecified atom stereocenters. The molecular weight excluding hydrogens is 819 g/mol. The average molecular weight is 874 g/mol. The molecule has 0 aromatic heterocycles. The van der Waals surface area contributed by atoms with Gasteiger partial charge in [-0.25, -0.2) is 0 Å². The van der Waals surface area contributed by atoms with E-state index in [1.165, 1.54) is 155 Å². The van der Waals surface area contributed by atoms with Gasteiger partial charge in [-0.15, -0.1) is 0 Å². The van der Waals surface area contributed by atoms with Gasteiger partial charge < -0.3 is 4.90 Å². The molecule has 5 aliphatic rings. The lowest BCUT2D eigenvalue weighted by Crippen LogP contribution is -2.26. The molecule has 1 heteroatoms. The Labute approximate surface area is 401 Å². The highest BCUT2D eigenvalue weighted by atomic mass is 15.1. The van der Waals surface area contributed by atoms with E-state index in [2.05, 4.69) is 227 Å². The summed E-state index contributed by atoms with van der Waals surface area (Å²) in [6, 6.07) is 75.0. The summed E-state index contributed by atoms with van der Waals surface area (Å²) in [5.41, 5.74) is 28.8. The van der Waals surface area contributed by atoms with Gasteiger partial charge in [-0.1, -0.05) is 199 Å². The highest BCUT2D eigenvalue weighted by Crippen LogP contribution is 2.64. The molecule has 328 valence electrons. The summed E-state index contributed by atoms with van der Waals surface area (Å²) >= 11 is 0. The molecule has 0 N–H and O–H groups in total. The summed E-state index contributed by atoms with van der Waals surface area (Å²) in [5.74, 6) is 0.648. The zero-order valence-corrected chi connectivity index (χ0v) is 39.5. The second-order valence-corrected chi connectivity index (χ2v) is 21.4. The van der Waals surface area contributed by atoms with Crippen molar-refractivity contribution in [3.63, 3.8) is 0 Å². The van der Waals surface area contributed by atoms with Crippen molar-refractivity contribution >= 4 is 17.1 Å². The molecule has 5 aliphatic carbocycles. The normalized spacial score (nSPS) is 16.8. The summed E-state index contributed by atoms with van der Waals surface area (Å²) in [6.45, 7) is 9.60. The van der Waals surface area contributed by atoms with Gasteiger partial charge in [0.1, 0.15) is 0 Å². The predicted molar refractivity (Wildman–Crippen MR) is 284 cm³/mol. The molecule has 0 bridgehead atoms. The highest BCUT2D eigenvalue weighted by Gasteiger charge is 2.52. The smallest absolute Gasteiger partial charge is 0.0726 e. The zero-order chi connectivity index (χ0) is 45.5. The fourth-order valence-electron chi connectivity index (χ4n) is 14.0. The van der Waals surface area contributed by atoms with Crippen LogP contribution in [0.2, 0.25) is 0 Å². The first-order valence-corrected chi connectivity index (χ1v) is 25.1. The Morgan fingerprint density at radius 3 is 1.44 bits per heavy atom. The van der Waals surface area contributed by atoms with Crippen molar-refractivity contribution in [3.8, 4) is 55.6 Å². The van der Waals surface area contributed by atoms with Crippen molar-refractivity contribution in [1.29, 1.82) is 0 Å². The van der Waals surface area contributed by atoms with Gasteiger partial charge in [-0.2, -0.15) is 0 Å². The van der Waals surface area contributed by atoms with Crippen LogP contribution < -0.4 is 4.90 Å². The minimum Gasteiger partial charge on any atom is -0.310 e. The largest absolute Gasteiger partial charge is 0.310 e. The van der Waals surface area contributed by atoms with Gasteiger partial charge in [0, 0.05) is 27.9 Å². The lowest BCUT2D eigenvalue weighted by Gasteiger charge is -2.32. The molecule has 0 aliphatic heterocycles. The van der Waals surface area contributed by atoms with E-state index in [4.69, 9.17) is 0 Å². The Morgan fingerprint density at radius 1 is 0.338 bits per heavy atom. The molecule has 0 amide bonds. The Bertz CT molecular complexity index is 3490. The first kappa shape index (κ1) is 39.9. The van der Waals surface area contributed by atoms with Gasteiger partial charge in [0.15, 0.2) is 0 Å². The predicted octanol–water partition coefficient (Wildman–Crippen LogP) is 17.8. The zero-order valence-electron chi connectivity index (χ0n) is 39.5. The van der Waals surface area contributed by atoms with E-state index in [-0.39, 0.29) is 10.8 Å². The van der Waals surface area contributed by atoms with Crippen LogP contribution in [-0.2, 0) is 16.2 Å². The Kier molecular flexibility index (Phi) is 8.45. The number of nitrogens with zero attached hydrogens (tertiary/aromatic N) is 1. The third-order valence-electron chi connectivity index (χ3n) is 17.3. The van der Waals surface area contributed by atoms with Crippen LogP contribution in [0.15, 0.2) is 194 Å². The maximum Gasteiger partial charge on any atom is 0.0726 e. The second-order valence-electron chi connectivity index (χ2n) is 21.4. The maximum absolute atomic E-state index is 2.55. The van der Waals surface area contributed by atoms with E-state index >= 15 is 0 Å². The Balaban J connectivity index is 0.937. The molecule has 14 rings (SSSR count). The van der Waals surface area contributed by atoms with E-state index in [1.807, 2.05) is 0 Å². The van der Waals surface area contributed by atoms with Crippen LogP contribution >= 0.6 is 0 Å². The van der Waals surface area contributed by atoms with Crippen LogP contribution in [0.4, 0.5) is 17.1 Å². The number of hydrogen-bond acceptors (Lipinski definition) is 1. The van der Waals surface area contributed by atoms with E-state index in [0.29, 0.717) is 5.92 Å². The van der Waals surface area contributed by atoms with Crippen LogP contribution in [0.3, 0.4) is 0 Å². The summed E-state index contributed by atoms with van der Waals surface area (Å²) in [6.07, 6.45) is 6.61. The molecule has 68 heavy (non-hydrogen) atoms. The Hall–Kier alpha value is -7.22. The van der Waals surface area contributed by atoms with Crippen molar-refractivity contribution in [2.75, 3.05) is 4.90 Å². The van der Waals surface area contributed by atoms with Crippen LogP contribution in [0.5, 0.6) is 0 Å². The van der Waals surface area contributed by atoms with E-state index in [0.717, 1.165) is 0 Å². The monoisotopic (exact) mass is 873 g/mol. The molecule has 9 aromatic rings. The molecule has 1 spiro atoms. The number of rotatable bonds is 5. The molecule has 0 saturated heterocycles. The number of fused-ring (bicyclic) bond motifs is 16. The van der Waals surface area contributed by atoms with Gasteiger partial charge in [-0.3, -0.25) is 0 Å². The molecule has 0 radical (unpaired) electrons. The standard InChI is InChI=1S/C67H55N/c1-65(2)56-24-12-11-22-54(56)64-48(23-16-28-61(64)65)44-31-38-57-55(39-44)53-37-35-46(40-62(53)66(57,3)4)68(45-32-29-43(30-33-45)42-17-6-5-7-18-42)47-34-36-52-51-21-10-15-27-60(51)67(63(52)41-47)58-25-13-8-19-49(58)50-20-9-14-26-59(50)67/h8-16,19-42H,5-7,17-18H2,1-4H3. The summed E-state index contributed by atoms with van der Waals surface area (Å²) in [7, 11) is 0.